The second kappa shape index (κ2) is 12.1. The van der Waals surface area contributed by atoms with Crippen molar-refractivity contribution in [1.82, 2.24) is 0 Å². The molecule has 10 heteroatoms. The average Bonchev–Trinajstić information content (AvgIpc) is 3.34. The highest BCUT2D eigenvalue weighted by Crippen LogP contribution is 2.45. The van der Waals surface area contributed by atoms with E-state index in [-0.39, 0.29) is 20.0 Å². The molecular weight excluding hydrogens is 472 g/mol. The van der Waals surface area contributed by atoms with E-state index < -0.39 is 36.0 Å². The number of rotatable bonds is 12. The maximum absolute atomic E-state index is 13.5. The quantitative estimate of drug-likeness (QED) is 0.316. The van der Waals surface area contributed by atoms with Crippen molar-refractivity contribution in [2.75, 3.05) is 41.3 Å². The maximum Gasteiger partial charge on any atom is 0.317 e. The van der Waals surface area contributed by atoms with Crippen LogP contribution >= 0.6 is 0 Å². The van der Waals surface area contributed by atoms with Gasteiger partial charge in [0.25, 0.3) is 0 Å². The molecule has 1 aliphatic heterocycles. The van der Waals surface area contributed by atoms with Crippen LogP contribution in [0.2, 0.25) is 0 Å². The molecule has 1 heterocycles. The van der Waals surface area contributed by atoms with Gasteiger partial charge in [0, 0.05) is 5.92 Å². The van der Waals surface area contributed by atoms with Crippen molar-refractivity contribution in [3.8, 4) is 28.7 Å². The summed E-state index contributed by atoms with van der Waals surface area (Å²) in [5.41, 5.74) is 1.06. The van der Waals surface area contributed by atoms with Gasteiger partial charge in [-0.25, -0.2) is 0 Å². The highest BCUT2D eigenvalue weighted by molar-refractivity contribution is 6.07. The number of hydrogen-bond donors (Lipinski definition) is 0. The molecule has 0 saturated carbocycles. The van der Waals surface area contributed by atoms with Gasteiger partial charge in [0.05, 0.1) is 34.5 Å². The summed E-state index contributed by atoms with van der Waals surface area (Å²) in [6.45, 7) is 3.48. The van der Waals surface area contributed by atoms with Gasteiger partial charge in [0.1, 0.15) is 12.3 Å². The Morgan fingerprint density at radius 1 is 0.833 bits per heavy atom. The van der Waals surface area contributed by atoms with E-state index in [9.17, 15) is 14.4 Å². The minimum absolute atomic E-state index is 0.0468. The van der Waals surface area contributed by atoms with Gasteiger partial charge < -0.3 is 33.2 Å². The van der Waals surface area contributed by atoms with E-state index >= 15 is 0 Å². The van der Waals surface area contributed by atoms with E-state index in [2.05, 4.69) is 0 Å². The van der Waals surface area contributed by atoms with Crippen molar-refractivity contribution < 1.29 is 47.5 Å². The zero-order valence-corrected chi connectivity index (χ0v) is 21.0. The number of methoxy groups -OCH3 is 3. The molecule has 0 radical (unpaired) electrons. The Labute approximate surface area is 209 Å². The number of esters is 2. The summed E-state index contributed by atoms with van der Waals surface area (Å²) in [4.78, 5) is 38.9. The van der Waals surface area contributed by atoms with Gasteiger partial charge in [-0.15, -0.1) is 0 Å². The van der Waals surface area contributed by atoms with E-state index in [0.717, 1.165) is 0 Å². The monoisotopic (exact) mass is 502 g/mol. The molecule has 0 aromatic heterocycles. The van der Waals surface area contributed by atoms with Gasteiger partial charge in [0.2, 0.25) is 12.5 Å². The maximum atomic E-state index is 13.5. The fraction of sp³-hybridized carbons (Fsp3) is 0.423. The SMILES string of the molecule is CCOC(=O)CC(=O)[C@H](C(=O)OCC)[C@H](c1ccc2c(c1)OCO2)c1cc(OC)c(OC)c(OC)c1. The van der Waals surface area contributed by atoms with Crippen LogP contribution in [0.1, 0.15) is 37.3 Å². The van der Waals surface area contributed by atoms with Crippen molar-refractivity contribution in [3.05, 3.63) is 41.5 Å². The van der Waals surface area contributed by atoms with Crippen LogP contribution in [0.15, 0.2) is 30.3 Å². The Hall–Kier alpha value is -3.95. The number of fused-ring (bicyclic) bond motifs is 1. The Bertz CT molecular complexity index is 1080. The number of carbonyl (C=O) groups excluding carboxylic acids is 3. The summed E-state index contributed by atoms with van der Waals surface area (Å²) in [5.74, 6) is -2.42. The minimum Gasteiger partial charge on any atom is -0.493 e. The lowest BCUT2D eigenvalue weighted by Gasteiger charge is -2.27. The third-order valence-corrected chi connectivity index (χ3v) is 5.65. The molecule has 10 nitrogen and oxygen atoms in total. The van der Waals surface area contributed by atoms with Crippen molar-refractivity contribution >= 4 is 17.7 Å². The summed E-state index contributed by atoms with van der Waals surface area (Å²) >= 11 is 0. The Morgan fingerprint density at radius 2 is 1.47 bits per heavy atom. The summed E-state index contributed by atoms with van der Waals surface area (Å²) < 4.78 is 37.6. The highest BCUT2D eigenvalue weighted by atomic mass is 16.7. The molecule has 0 unspecified atom stereocenters. The van der Waals surface area contributed by atoms with Crippen LogP contribution in [0.25, 0.3) is 0 Å². The van der Waals surface area contributed by atoms with Crippen LogP contribution in [0.4, 0.5) is 0 Å². The first-order chi connectivity index (χ1) is 17.4. The Morgan fingerprint density at radius 3 is 2.06 bits per heavy atom. The summed E-state index contributed by atoms with van der Waals surface area (Å²) in [5, 5.41) is 0. The predicted molar refractivity (Wildman–Crippen MR) is 127 cm³/mol. The van der Waals surface area contributed by atoms with Crippen molar-refractivity contribution in [2.45, 2.75) is 26.2 Å². The lowest BCUT2D eigenvalue weighted by Crippen LogP contribution is -2.34. The molecule has 0 N–H and O–H groups in total. The molecule has 1 aliphatic rings. The minimum atomic E-state index is -1.38. The second-order valence-electron chi connectivity index (χ2n) is 7.73. The molecule has 194 valence electrons. The number of Topliss-reactive ketones (excluding diaryl/α,β-unsaturated/α-hetero) is 1. The number of benzene rings is 2. The fourth-order valence-electron chi connectivity index (χ4n) is 4.11. The van der Waals surface area contributed by atoms with E-state index in [1.807, 2.05) is 0 Å². The van der Waals surface area contributed by atoms with Crippen molar-refractivity contribution in [2.24, 2.45) is 5.92 Å². The van der Waals surface area contributed by atoms with Gasteiger partial charge in [-0.2, -0.15) is 0 Å². The smallest absolute Gasteiger partial charge is 0.317 e. The van der Waals surface area contributed by atoms with E-state index in [1.54, 1.807) is 44.2 Å². The normalized spacial score (nSPS) is 13.4. The predicted octanol–water partition coefficient (Wildman–Crippen LogP) is 3.27. The van der Waals surface area contributed by atoms with E-state index in [0.29, 0.717) is 39.9 Å². The van der Waals surface area contributed by atoms with E-state index in [1.165, 1.54) is 21.3 Å². The average molecular weight is 503 g/mol. The van der Waals surface area contributed by atoms with Crippen LogP contribution in [-0.2, 0) is 23.9 Å². The first kappa shape index (κ1) is 26.7. The molecule has 3 rings (SSSR count). The summed E-state index contributed by atoms with van der Waals surface area (Å²) in [7, 11) is 4.40. The molecule has 2 aromatic carbocycles. The largest absolute Gasteiger partial charge is 0.493 e. The van der Waals surface area contributed by atoms with Crippen LogP contribution in [0.3, 0.4) is 0 Å². The highest BCUT2D eigenvalue weighted by Gasteiger charge is 2.40. The zero-order valence-electron chi connectivity index (χ0n) is 21.0. The van der Waals surface area contributed by atoms with Gasteiger partial charge >= 0.3 is 11.9 Å². The third kappa shape index (κ3) is 5.64. The van der Waals surface area contributed by atoms with Crippen LogP contribution < -0.4 is 23.7 Å². The Balaban J connectivity index is 2.22. The van der Waals surface area contributed by atoms with Crippen molar-refractivity contribution in [1.29, 1.82) is 0 Å². The molecule has 0 fully saturated rings. The molecule has 0 saturated heterocycles. The van der Waals surface area contributed by atoms with E-state index in [4.69, 9.17) is 33.2 Å². The number of carbonyl (C=O) groups is 3. The molecule has 0 spiro atoms. The number of hydrogen-bond acceptors (Lipinski definition) is 10. The Kier molecular flexibility index (Phi) is 8.99. The van der Waals surface area contributed by atoms with Crippen molar-refractivity contribution in [3.63, 3.8) is 0 Å². The molecule has 36 heavy (non-hydrogen) atoms. The van der Waals surface area contributed by atoms with Gasteiger partial charge in [0.15, 0.2) is 28.8 Å². The second-order valence-corrected chi connectivity index (χ2v) is 7.73. The summed E-state index contributed by atoms with van der Waals surface area (Å²) in [6.07, 6.45) is -0.594. The van der Waals surface area contributed by atoms with Gasteiger partial charge in [-0.3, -0.25) is 14.4 Å². The standard InChI is InChI=1S/C26H30O10/c1-6-33-22(28)13-17(27)24(26(29)34-7-2)23(15-8-9-18-19(10-15)36-14-35-18)16-11-20(30-3)25(32-5)21(12-16)31-4/h8-12,23-24H,6-7,13-14H2,1-5H3/t23-,24+/m1/s1. The third-order valence-electron chi connectivity index (χ3n) is 5.65. The van der Waals surface area contributed by atoms with Gasteiger partial charge in [-0.1, -0.05) is 6.07 Å². The first-order valence-electron chi connectivity index (χ1n) is 11.4. The fourth-order valence-corrected chi connectivity index (χ4v) is 4.11. The van der Waals surface area contributed by atoms with Crippen LogP contribution in [-0.4, -0.2) is 59.1 Å². The zero-order chi connectivity index (χ0) is 26.2. The van der Waals surface area contributed by atoms with Crippen LogP contribution in [0, 0.1) is 5.92 Å². The molecular formula is C26H30O10. The first-order valence-corrected chi connectivity index (χ1v) is 11.4. The summed E-state index contributed by atoms with van der Waals surface area (Å²) in [6, 6.07) is 8.42. The molecule has 2 atom stereocenters. The molecule has 2 aromatic rings. The number of ether oxygens (including phenoxy) is 7. The lowest BCUT2D eigenvalue weighted by atomic mass is 9.77. The molecule has 0 aliphatic carbocycles. The number of ketones is 1. The van der Waals surface area contributed by atoms with Crippen LogP contribution in [0.5, 0.6) is 28.7 Å². The topological polar surface area (TPSA) is 116 Å². The molecule has 0 bridgehead atoms. The molecule has 0 amide bonds. The van der Waals surface area contributed by atoms with Gasteiger partial charge in [-0.05, 0) is 49.2 Å². The lowest BCUT2D eigenvalue weighted by molar-refractivity contribution is -0.154.